The first kappa shape index (κ1) is 22.1. The molecule has 28 heavy (non-hydrogen) atoms. The zero-order chi connectivity index (χ0) is 19.1. The summed E-state index contributed by atoms with van der Waals surface area (Å²) in [5.74, 6) is 3.51. The van der Waals surface area contributed by atoms with Gasteiger partial charge in [-0.1, -0.05) is 6.07 Å². The normalized spacial score (nSPS) is 14.3. The van der Waals surface area contributed by atoms with Gasteiger partial charge in [-0.15, -0.1) is 24.0 Å². The summed E-state index contributed by atoms with van der Waals surface area (Å²) in [6.45, 7) is 4.28. The first-order valence-electron chi connectivity index (χ1n) is 9.07. The number of ether oxygens (including phenoxy) is 2. The quantitative estimate of drug-likeness (QED) is 0.390. The highest BCUT2D eigenvalue weighted by Gasteiger charge is 2.20. The van der Waals surface area contributed by atoms with Crippen LogP contribution < -0.4 is 19.7 Å². The fourth-order valence-electron chi connectivity index (χ4n) is 3.19. The fourth-order valence-corrected chi connectivity index (χ4v) is 3.19. The summed E-state index contributed by atoms with van der Waals surface area (Å²) in [6.07, 6.45) is 1.84. The molecule has 2 heterocycles. The van der Waals surface area contributed by atoms with Gasteiger partial charge in [0.2, 0.25) is 0 Å². The number of guanidine groups is 1. The van der Waals surface area contributed by atoms with E-state index in [9.17, 15) is 0 Å². The van der Waals surface area contributed by atoms with Crippen LogP contribution in [0.2, 0.25) is 0 Å². The van der Waals surface area contributed by atoms with Crippen LogP contribution in [-0.2, 0) is 6.54 Å². The second kappa shape index (κ2) is 10.9. The number of nitrogens with zero attached hydrogens (tertiary/aromatic N) is 4. The number of piperazine rings is 1. The minimum absolute atomic E-state index is 0. The number of aliphatic imine (C=N–C) groups is 1. The summed E-state index contributed by atoms with van der Waals surface area (Å²) >= 11 is 0. The lowest BCUT2D eigenvalue weighted by Crippen LogP contribution is -2.52. The second-order valence-corrected chi connectivity index (χ2v) is 6.24. The van der Waals surface area contributed by atoms with Crippen LogP contribution in [0, 0.1) is 0 Å². The molecule has 3 rings (SSSR count). The molecule has 1 N–H and O–H groups in total. The summed E-state index contributed by atoms with van der Waals surface area (Å²) in [7, 11) is 5.14. The monoisotopic (exact) mass is 497 g/mol. The van der Waals surface area contributed by atoms with Crippen LogP contribution in [0.3, 0.4) is 0 Å². The minimum atomic E-state index is 0. The van der Waals surface area contributed by atoms with Crippen molar-refractivity contribution in [3.05, 3.63) is 48.2 Å². The van der Waals surface area contributed by atoms with Crippen LogP contribution in [-0.4, -0.2) is 63.3 Å². The molecule has 0 amide bonds. The van der Waals surface area contributed by atoms with Crippen LogP contribution in [0.1, 0.15) is 5.56 Å². The van der Waals surface area contributed by atoms with Gasteiger partial charge in [0.15, 0.2) is 5.96 Å². The van der Waals surface area contributed by atoms with Crippen LogP contribution >= 0.6 is 24.0 Å². The van der Waals surface area contributed by atoms with Crippen molar-refractivity contribution >= 4 is 35.8 Å². The van der Waals surface area contributed by atoms with Gasteiger partial charge < -0.3 is 24.6 Å². The zero-order valence-electron chi connectivity index (χ0n) is 16.6. The van der Waals surface area contributed by atoms with Gasteiger partial charge in [0.05, 0.1) is 14.2 Å². The number of benzene rings is 1. The molecule has 0 saturated carbocycles. The van der Waals surface area contributed by atoms with E-state index >= 15 is 0 Å². The van der Waals surface area contributed by atoms with Crippen molar-refractivity contribution in [3.8, 4) is 11.5 Å². The van der Waals surface area contributed by atoms with Crippen LogP contribution in [0.15, 0.2) is 47.6 Å². The number of hydrogen-bond acceptors (Lipinski definition) is 5. The van der Waals surface area contributed by atoms with Crippen molar-refractivity contribution in [1.29, 1.82) is 0 Å². The predicted molar refractivity (Wildman–Crippen MR) is 123 cm³/mol. The van der Waals surface area contributed by atoms with Crippen molar-refractivity contribution in [2.45, 2.75) is 6.54 Å². The lowest BCUT2D eigenvalue weighted by molar-refractivity contribution is 0.369. The van der Waals surface area contributed by atoms with Crippen molar-refractivity contribution in [1.82, 2.24) is 15.2 Å². The number of rotatable bonds is 5. The van der Waals surface area contributed by atoms with Crippen LogP contribution in [0.4, 0.5) is 5.82 Å². The molecule has 1 fully saturated rings. The predicted octanol–water partition coefficient (Wildman–Crippen LogP) is 2.61. The molecule has 152 valence electrons. The van der Waals surface area contributed by atoms with E-state index in [1.807, 2.05) is 43.6 Å². The number of pyridine rings is 1. The maximum Gasteiger partial charge on any atom is 0.194 e. The Morgan fingerprint density at radius 2 is 1.89 bits per heavy atom. The minimum Gasteiger partial charge on any atom is -0.497 e. The molecule has 1 aliphatic rings. The van der Waals surface area contributed by atoms with E-state index in [0.717, 1.165) is 55.0 Å². The molecule has 0 radical (unpaired) electrons. The summed E-state index contributed by atoms with van der Waals surface area (Å²) in [5, 5.41) is 3.44. The van der Waals surface area contributed by atoms with Crippen molar-refractivity contribution in [2.75, 3.05) is 52.3 Å². The van der Waals surface area contributed by atoms with Crippen molar-refractivity contribution in [2.24, 2.45) is 4.99 Å². The summed E-state index contributed by atoms with van der Waals surface area (Å²) < 4.78 is 10.7. The Labute approximate surface area is 183 Å². The molecular formula is C20H28IN5O2. The molecule has 0 atom stereocenters. The molecular weight excluding hydrogens is 469 g/mol. The molecule has 1 aliphatic heterocycles. The van der Waals surface area contributed by atoms with Crippen LogP contribution in [0.25, 0.3) is 0 Å². The first-order chi connectivity index (χ1) is 13.2. The van der Waals surface area contributed by atoms with E-state index in [4.69, 9.17) is 9.47 Å². The summed E-state index contributed by atoms with van der Waals surface area (Å²) in [6, 6.07) is 11.9. The topological polar surface area (TPSA) is 62.2 Å². The van der Waals surface area contributed by atoms with E-state index < -0.39 is 0 Å². The number of halogens is 1. The van der Waals surface area contributed by atoms with Gasteiger partial charge in [0.1, 0.15) is 17.3 Å². The Hall–Kier alpha value is -2.23. The van der Waals surface area contributed by atoms with Crippen molar-refractivity contribution < 1.29 is 9.47 Å². The Bertz CT molecular complexity index is 764. The highest BCUT2D eigenvalue weighted by molar-refractivity contribution is 14.0. The Morgan fingerprint density at radius 1 is 1.11 bits per heavy atom. The molecule has 2 aromatic rings. The fraction of sp³-hybridized carbons (Fsp3) is 0.400. The third-order valence-electron chi connectivity index (χ3n) is 4.70. The molecule has 0 unspecified atom stereocenters. The molecule has 8 heteroatoms. The summed E-state index contributed by atoms with van der Waals surface area (Å²) in [4.78, 5) is 13.5. The molecule has 1 aromatic carbocycles. The highest BCUT2D eigenvalue weighted by atomic mass is 127. The van der Waals surface area contributed by atoms with Gasteiger partial charge in [-0.25, -0.2) is 4.98 Å². The van der Waals surface area contributed by atoms with Crippen LogP contribution in [0.5, 0.6) is 11.5 Å². The lowest BCUT2D eigenvalue weighted by Gasteiger charge is -2.37. The van der Waals surface area contributed by atoms with Gasteiger partial charge in [-0.2, -0.15) is 0 Å². The Kier molecular flexibility index (Phi) is 8.62. The van der Waals surface area contributed by atoms with Gasteiger partial charge in [0.25, 0.3) is 0 Å². The molecule has 0 aliphatic carbocycles. The number of hydrogen-bond donors (Lipinski definition) is 1. The van der Waals surface area contributed by atoms with Crippen molar-refractivity contribution in [3.63, 3.8) is 0 Å². The standard InChI is InChI=1S/C20H27N5O2.HI/c1-21-20(23-15-16-7-8-17(26-2)14-18(16)27-3)25-12-10-24(11-13-25)19-6-4-5-9-22-19;/h4-9,14H,10-13,15H2,1-3H3,(H,21,23);1H. The van der Waals surface area contributed by atoms with E-state index in [0.29, 0.717) is 6.54 Å². The highest BCUT2D eigenvalue weighted by Crippen LogP contribution is 2.24. The third-order valence-corrected chi connectivity index (χ3v) is 4.70. The second-order valence-electron chi connectivity index (χ2n) is 6.24. The SMILES string of the molecule is CN=C(NCc1ccc(OC)cc1OC)N1CCN(c2ccccn2)CC1.I. The third kappa shape index (κ3) is 5.40. The molecule has 1 saturated heterocycles. The largest absolute Gasteiger partial charge is 0.497 e. The van der Waals surface area contributed by atoms with Gasteiger partial charge >= 0.3 is 0 Å². The van der Waals surface area contributed by atoms with Gasteiger partial charge in [-0.05, 0) is 24.3 Å². The number of methoxy groups -OCH3 is 2. The lowest BCUT2D eigenvalue weighted by atomic mass is 10.2. The molecule has 7 nitrogen and oxygen atoms in total. The molecule has 0 bridgehead atoms. The zero-order valence-corrected chi connectivity index (χ0v) is 18.9. The maximum atomic E-state index is 5.48. The number of aromatic nitrogens is 1. The van der Waals surface area contributed by atoms with E-state index in [1.165, 1.54) is 0 Å². The first-order valence-corrected chi connectivity index (χ1v) is 9.07. The Balaban J connectivity index is 0.00000280. The number of anilines is 1. The molecule has 1 aromatic heterocycles. The number of nitrogens with one attached hydrogen (secondary N) is 1. The van der Waals surface area contributed by atoms with Gasteiger partial charge in [0, 0.05) is 57.6 Å². The average molecular weight is 497 g/mol. The van der Waals surface area contributed by atoms with Gasteiger partial charge in [-0.3, -0.25) is 4.99 Å². The van der Waals surface area contributed by atoms with E-state index in [2.05, 4.69) is 31.2 Å². The summed E-state index contributed by atoms with van der Waals surface area (Å²) in [5.41, 5.74) is 1.06. The Morgan fingerprint density at radius 3 is 2.50 bits per heavy atom. The van der Waals surface area contributed by atoms with E-state index in [-0.39, 0.29) is 24.0 Å². The van der Waals surface area contributed by atoms with E-state index in [1.54, 1.807) is 14.2 Å². The average Bonchev–Trinajstić information content (AvgIpc) is 2.75. The smallest absolute Gasteiger partial charge is 0.194 e. The molecule has 0 spiro atoms. The maximum absolute atomic E-state index is 5.48.